The first-order valence-corrected chi connectivity index (χ1v) is 38.3. The van der Waals surface area contributed by atoms with E-state index >= 15 is 0 Å². The summed E-state index contributed by atoms with van der Waals surface area (Å²) < 4.78 is 139. The molecule has 11 aromatic heterocycles. The zero-order valence-corrected chi connectivity index (χ0v) is 69.6. The van der Waals surface area contributed by atoms with E-state index in [2.05, 4.69) is 130 Å². The molecule has 616 valence electrons. The second-order valence-corrected chi connectivity index (χ2v) is 28.0. The van der Waals surface area contributed by atoms with Crippen LogP contribution in [0.25, 0.3) is 45.0 Å². The van der Waals surface area contributed by atoms with Gasteiger partial charge in [-0.25, -0.2) is 27.5 Å². The van der Waals surface area contributed by atoms with E-state index in [0.29, 0.717) is 22.8 Å². The molecule has 0 amide bonds. The SMILES string of the molecule is Brc1cccc(C(c2ccccc2)(c2ccccc2)c2cccc(Br)n2)n1.Fc1c[c-]c(-c2cccc(C(c3ccccc3)(c3ccccc3)c3cccc(-c4[c-]cc(F)nc4F)n3)n2)c(F)n1.Fc1ccc(-c2cccc(C(c3ccccc3)(c3ccccc3)c3cccc(-c4ccc(F)nc4F)n3)n2)c(F)n1.N.N#N.OB(O)c1ccc(F)nc1F.[Pt+2]. The van der Waals surface area contributed by atoms with Crippen LogP contribution in [0.3, 0.4) is 0 Å². The minimum Gasteiger partial charge on any atom is -0.423 e. The Labute approximate surface area is 735 Å². The number of aromatic nitrogens is 11. The van der Waals surface area contributed by atoms with Crippen molar-refractivity contribution in [2.75, 3.05) is 0 Å². The Morgan fingerprint density at radius 3 is 0.758 bits per heavy atom. The number of rotatable bonds is 17. The summed E-state index contributed by atoms with van der Waals surface area (Å²) in [6, 6.07) is 105. The molecule has 0 bridgehead atoms. The summed E-state index contributed by atoms with van der Waals surface area (Å²) in [6.07, 6.45) is 0. The number of halogens is 12. The second kappa shape index (κ2) is 41.7. The first kappa shape index (κ1) is 91.0. The Morgan fingerprint density at radius 2 is 0.500 bits per heavy atom. The Bertz CT molecular complexity index is 5880. The summed E-state index contributed by atoms with van der Waals surface area (Å²) in [6.45, 7) is 0. The molecule has 0 aliphatic heterocycles. The molecular weight excluding hydrogens is 1910 g/mol. The van der Waals surface area contributed by atoms with Crippen LogP contribution < -0.4 is 11.6 Å². The van der Waals surface area contributed by atoms with Crippen molar-refractivity contribution in [3.63, 3.8) is 0 Å². The van der Waals surface area contributed by atoms with E-state index in [-0.39, 0.29) is 72.2 Å². The van der Waals surface area contributed by atoms with E-state index in [4.69, 9.17) is 50.7 Å². The van der Waals surface area contributed by atoms with Gasteiger partial charge in [-0.1, -0.05) is 260 Å². The summed E-state index contributed by atoms with van der Waals surface area (Å²) in [5.41, 5.74) is 6.36. The van der Waals surface area contributed by atoms with Gasteiger partial charge in [0, 0.05) is 16.2 Å². The molecule has 124 heavy (non-hydrogen) atoms. The summed E-state index contributed by atoms with van der Waals surface area (Å²) in [7, 11) is -1.96. The van der Waals surface area contributed by atoms with Crippen molar-refractivity contribution >= 4 is 44.4 Å². The molecule has 0 aliphatic rings. The molecule has 0 atom stereocenters. The van der Waals surface area contributed by atoms with E-state index in [1.54, 1.807) is 72.8 Å². The van der Waals surface area contributed by atoms with Gasteiger partial charge in [-0.15, -0.1) is 12.1 Å². The Kier molecular flexibility index (Phi) is 30.6. The number of benzene rings is 6. The maximum atomic E-state index is 14.8. The molecule has 5 N–H and O–H groups in total. The van der Waals surface area contributed by atoms with Gasteiger partial charge in [0.15, 0.2) is 0 Å². The average molecular weight is 1970 g/mol. The molecule has 0 fully saturated rings. The van der Waals surface area contributed by atoms with Crippen molar-refractivity contribution in [3.8, 4) is 45.0 Å². The summed E-state index contributed by atoms with van der Waals surface area (Å²) in [5, 5.41) is 28.9. The third-order valence-electron chi connectivity index (χ3n) is 19.3. The van der Waals surface area contributed by atoms with Crippen molar-refractivity contribution in [3.05, 3.63) is 488 Å². The largest absolute Gasteiger partial charge is 2.00 e. The number of nitrogens with zero attached hydrogens (tertiary/aromatic N) is 13. The molecule has 17 rings (SSSR count). The molecule has 17 aromatic rings. The minimum atomic E-state index is -1.96. The van der Waals surface area contributed by atoms with Gasteiger partial charge in [0.05, 0.1) is 56.7 Å². The molecule has 0 unspecified atom stereocenters. The fourth-order valence-electron chi connectivity index (χ4n) is 14.1. The van der Waals surface area contributed by atoms with Gasteiger partial charge in [0.2, 0.25) is 35.7 Å². The van der Waals surface area contributed by atoms with Crippen LogP contribution in [0.1, 0.15) is 67.5 Å². The monoisotopic (exact) mass is 1970 g/mol. The average Bonchev–Trinajstić information content (AvgIpc) is 0.743. The third-order valence-corrected chi connectivity index (χ3v) is 20.2. The quantitative estimate of drug-likeness (QED) is 0.0251. The van der Waals surface area contributed by atoms with E-state index in [1.807, 2.05) is 158 Å². The zero-order chi connectivity index (χ0) is 85.9. The summed E-state index contributed by atoms with van der Waals surface area (Å²) in [4.78, 5) is 45.2. The van der Waals surface area contributed by atoms with Gasteiger partial charge in [0.25, 0.3) is 0 Å². The van der Waals surface area contributed by atoms with Gasteiger partial charge in [-0.2, -0.15) is 41.3 Å². The van der Waals surface area contributed by atoms with Gasteiger partial charge in [-0.3, -0.25) is 29.9 Å². The third kappa shape index (κ3) is 19.7. The van der Waals surface area contributed by atoms with E-state index in [1.165, 1.54) is 12.1 Å². The molecule has 0 saturated heterocycles. The fourth-order valence-corrected chi connectivity index (χ4v) is 14.8. The molecule has 11 heterocycles. The molecule has 0 aliphatic carbocycles. The van der Waals surface area contributed by atoms with Gasteiger partial charge in [0.1, 0.15) is 49.2 Å². The molecule has 30 heteroatoms. The van der Waals surface area contributed by atoms with Gasteiger partial charge in [-0.05, 0) is 168 Å². The van der Waals surface area contributed by atoms with Gasteiger partial charge >= 0.3 is 28.2 Å². The standard InChI is InChI=1S/C33H20F4N4.C33H18F4N4.C23H16Br2N2.C5H4BF2NO2.N2.H3N.Pt/c2*34-29-19-17-23(31(36)40-29)25-13-7-15-27(38-25)33(21-9-3-1-4-10-21,22-11-5-2-6-12-22)28-16-8-14-26(39-28)24-18-20-30(35)41-32(24)37;24-21-15-7-13-19(26-21)23(17-9-3-1-4-10-17,18-11-5-2-6-12-18)20-14-8-16-22(25)27-20;7-4-2-1-3(6(10)11)5(8)9-4;1-2;;/h1-20H;1-16,19-20H;1-16H;1-2,10-11H;;1H3;/q;-2;;;;;+2. The van der Waals surface area contributed by atoms with Crippen molar-refractivity contribution < 1.29 is 75.0 Å². The molecule has 0 saturated carbocycles. The first-order valence-electron chi connectivity index (χ1n) is 36.8. The minimum absolute atomic E-state index is 0. The summed E-state index contributed by atoms with van der Waals surface area (Å²) >= 11 is 7.09. The molecule has 16 nitrogen and oxygen atoms in total. The van der Waals surface area contributed by atoms with Crippen LogP contribution in [0.4, 0.5) is 43.9 Å². The van der Waals surface area contributed by atoms with Crippen molar-refractivity contribution in [2.24, 2.45) is 0 Å². The van der Waals surface area contributed by atoms with Crippen LogP contribution in [0.5, 0.6) is 0 Å². The van der Waals surface area contributed by atoms with Crippen LogP contribution >= 0.6 is 31.9 Å². The van der Waals surface area contributed by atoms with E-state index < -0.39 is 88.3 Å². The number of hydrogen-bond acceptors (Lipinski definition) is 16. The van der Waals surface area contributed by atoms with Gasteiger partial charge < -0.3 is 16.2 Å². The van der Waals surface area contributed by atoms with E-state index in [0.717, 1.165) is 90.4 Å². The normalized spacial score (nSPS) is 10.9. The Balaban J connectivity index is 0.000000170. The predicted octanol–water partition coefficient (Wildman–Crippen LogP) is 20.3. The van der Waals surface area contributed by atoms with Crippen LogP contribution in [0.15, 0.2) is 349 Å². The molecule has 6 aromatic carbocycles. The molecular formula is C94H61BBr2F10N14O2Pt. The first-order chi connectivity index (χ1) is 59.2. The topological polar surface area (TPSA) is 265 Å². The van der Waals surface area contributed by atoms with Crippen LogP contribution in [-0.4, -0.2) is 72.0 Å². The van der Waals surface area contributed by atoms with Crippen molar-refractivity contribution in [2.45, 2.75) is 16.2 Å². The van der Waals surface area contributed by atoms with Crippen LogP contribution in [-0.2, 0) is 37.3 Å². The molecule has 0 spiro atoms. The summed E-state index contributed by atoms with van der Waals surface area (Å²) in [5.74, 6) is -10.1. The number of pyridine rings is 11. The van der Waals surface area contributed by atoms with Crippen molar-refractivity contribution in [1.82, 2.24) is 61.0 Å². The van der Waals surface area contributed by atoms with Crippen LogP contribution in [0, 0.1) is 82.4 Å². The molecule has 0 radical (unpaired) electrons. The Hall–Kier alpha value is -13.7. The smallest absolute Gasteiger partial charge is 0.423 e. The van der Waals surface area contributed by atoms with Crippen molar-refractivity contribution in [1.29, 1.82) is 10.8 Å². The van der Waals surface area contributed by atoms with E-state index in [9.17, 15) is 43.9 Å². The maximum Gasteiger partial charge on any atom is 2.00 e. The Morgan fingerprint density at radius 1 is 0.258 bits per heavy atom. The number of hydrogen-bond donors (Lipinski definition) is 3. The predicted molar refractivity (Wildman–Crippen MR) is 449 cm³/mol. The second-order valence-electron chi connectivity index (χ2n) is 26.4. The van der Waals surface area contributed by atoms with Crippen LogP contribution in [0.2, 0.25) is 0 Å². The maximum absolute atomic E-state index is 14.8. The fraction of sp³-hybridized carbons (Fsp3) is 0.0319. The zero-order valence-electron chi connectivity index (χ0n) is 64.2.